The Morgan fingerprint density at radius 2 is 1.63 bits per heavy atom. The smallest absolute Gasteiger partial charge is 0.481 e. The van der Waals surface area contributed by atoms with Crippen molar-refractivity contribution in [1.82, 2.24) is 0 Å². The molecule has 46 heavy (non-hydrogen) atoms. The number of ether oxygens (including phenoxy) is 4. The average molecular weight is 677 g/mol. The number of carboxylic acids is 2. The number of carboxylic acid groups (broad SMARTS) is 2. The first-order valence-corrected chi connectivity index (χ1v) is 18.0. The highest BCUT2D eigenvalue weighted by Crippen LogP contribution is 2.68. The third-order valence-electron chi connectivity index (χ3n) is 12.1. The molecule has 4 aliphatic rings. The first-order chi connectivity index (χ1) is 21.5. The topological polar surface area (TPSA) is 223 Å². The highest BCUT2D eigenvalue weighted by atomic mass is 31.2. The quantitative estimate of drug-likeness (QED) is 0.0612. The fraction of sp³-hybridized carbons (Fsp3) is 0.871. The minimum atomic E-state index is -4.78. The molecule has 4 fully saturated rings. The molecule has 0 bridgehead atoms. The minimum Gasteiger partial charge on any atom is -0.481 e. The van der Waals surface area contributed by atoms with Crippen LogP contribution in [-0.4, -0.2) is 81.1 Å². The Morgan fingerprint density at radius 1 is 0.935 bits per heavy atom. The molecule has 11 atom stereocenters. The van der Waals surface area contributed by atoms with Crippen LogP contribution < -0.4 is 0 Å². The van der Waals surface area contributed by atoms with Crippen LogP contribution in [0.15, 0.2) is 0 Å². The Balaban J connectivity index is 1.24. The Hall–Kier alpha value is -2.25. The standard InChI is InChI=1S/C31H49O14P/c1-17(4-9-26(33)34)22-7-8-23-20-6-5-18-12-19(10-11-30(18,2)24(20)13-25(32)31(22,23)3)45-29(38)44-16-42-15-43-28(37)21(27(35)36)14-46(39,40)41/h17-25,32H,4-16H2,1-3H3,(H,33,34)(H,35,36)(H2,39,40,41)/t17-,18-,19-,20?,21?,22?,23?,24?,25+,30+,31-/m1/s1. The van der Waals surface area contributed by atoms with E-state index in [0.29, 0.717) is 48.9 Å². The second kappa shape index (κ2) is 14.5. The SMILES string of the molecule is C[C@H](CCC(=O)O)C1CCC2C3CC[C@@H]4C[C@H](OC(=O)OCOCOC(=O)C(CP(=O)(O)O)C(=O)O)CC[C@]4(C)C3C[C@H](O)[C@@]21C. The van der Waals surface area contributed by atoms with Gasteiger partial charge in [-0.15, -0.1) is 0 Å². The summed E-state index contributed by atoms with van der Waals surface area (Å²) < 4.78 is 31.0. The summed E-state index contributed by atoms with van der Waals surface area (Å²) in [5.41, 5.74) is -0.212. The van der Waals surface area contributed by atoms with E-state index in [-0.39, 0.29) is 29.3 Å². The molecule has 0 heterocycles. The van der Waals surface area contributed by atoms with Gasteiger partial charge in [-0.1, -0.05) is 20.8 Å². The van der Waals surface area contributed by atoms with Gasteiger partial charge in [-0.25, -0.2) is 4.79 Å². The molecule has 0 saturated heterocycles. The lowest BCUT2D eigenvalue weighted by molar-refractivity contribution is -0.179. The molecule has 5 N–H and O–H groups in total. The molecule has 5 unspecified atom stereocenters. The molecule has 4 saturated carbocycles. The lowest BCUT2D eigenvalue weighted by Gasteiger charge is -2.62. The van der Waals surface area contributed by atoms with Crippen molar-refractivity contribution in [3.63, 3.8) is 0 Å². The number of esters is 1. The van der Waals surface area contributed by atoms with Crippen molar-refractivity contribution >= 4 is 31.7 Å². The molecule has 0 aromatic carbocycles. The van der Waals surface area contributed by atoms with Crippen LogP contribution in [0.4, 0.5) is 4.79 Å². The van der Waals surface area contributed by atoms with Gasteiger partial charge in [0.2, 0.25) is 0 Å². The summed E-state index contributed by atoms with van der Waals surface area (Å²) in [4.78, 5) is 64.4. The van der Waals surface area contributed by atoms with Gasteiger partial charge in [-0.05, 0) is 104 Å². The Kier molecular flexibility index (Phi) is 11.5. The molecular weight excluding hydrogens is 627 g/mol. The van der Waals surface area contributed by atoms with Gasteiger partial charge in [-0.3, -0.25) is 18.9 Å². The van der Waals surface area contributed by atoms with E-state index in [1.807, 2.05) is 0 Å². The molecule has 14 nitrogen and oxygen atoms in total. The Bertz CT molecular complexity index is 1190. The van der Waals surface area contributed by atoms with Gasteiger partial charge in [0.15, 0.2) is 19.5 Å². The predicted octanol–water partition coefficient (Wildman–Crippen LogP) is 3.99. The molecule has 262 valence electrons. The van der Waals surface area contributed by atoms with E-state index in [0.717, 1.165) is 38.5 Å². The van der Waals surface area contributed by atoms with E-state index in [9.17, 15) is 34.0 Å². The van der Waals surface area contributed by atoms with E-state index in [2.05, 4.69) is 25.5 Å². The van der Waals surface area contributed by atoms with E-state index < -0.39 is 63.4 Å². The van der Waals surface area contributed by atoms with E-state index >= 15 is 0 Å². The zero-order valence-electron chi connectivity index (χ0n) is 26.7. The van der Waals surface area contributed by atoms with Gasteiger partial charge in [0.1, 0.15) is 6.10 Å². The van der Waals surface area contributed by atoms with E-state index in [1.54, 1.807) is 0 Å². The van der Waals surface area contributed by atoms with E-state index in [1.165, 1.54) is 0 Å². The summed E-state index contributed by atoms with van der Waals surface area (Å²) in [6.07, 6.45) is 4.83. The van der Waals surface area contributed by atoms with E-state index in [4.69, 9.17) is 29.1 Å². The van der Waals surface area contributed by atoms with Gasteiger partial charge in [-0.2, -0.15) is 0 Å². The summed E-state index contributed by atoms with van der Waals surface area (Å²) in [5.74, 6) is -3.88. The highest BCUT2D eigenvalue weighted by molar-refractivity contribution is 7.51. The number of carbonyl (C=O) groups excluding carboxylic acids is 2. The Labute approximate surface area is 268 Å². The maximum Gasteiger partial charge on any atom is 0.510 e. The zero-order chi connectivity index (χ0) is 34.0. The molecule has 0 aromatic rings. The number of aliphatic carboxylic acids is 2. The fourth-order valence-electron chi connectivity index (χ4n) is 9.79. The number of fused-ring (bicyclic) bond motifs is 5. The molecule has 0 aromatic heterocycles. The van der Waals surface area contributed by atoms with Gasteiger partial charge < -0.3 is 44.1 Å². The summed E-state index contributed by atoms with van der Waals surface area (Å²) in [6.45, 7) is 5.27. The first-order valence-electron chi connectivity index (χ1n) is 16.2. The first kappa shape index (κ1) is 36.6. The number of hydrogen-bond donors (Lipinski definition) is 5. The van der Waals surface area contributed by atoms with Crippen molar-refractivity contribution in [3.8, 4) is 0 Å². The van der Waals surface area contributed by atoms with Crippen LogP contribution in [0.3, 0.4) is 0 Å². The van der Waals surface area contributed by atoms with Crippen molar-refractivity contribution in [3.05, 3.63) is 0 Å². The van der Waals surface area contributed by atoms with Crippen LogP contribution in [0, 0.1) is 52.3 Å². The van der Waals surface area contributed by atoms with Crippen molar-refractivity contribution in [1.29, 1.82) is 0 Å². The number of aliphatic hydroxyl groups is 1. The zero-order valence-corrected chi connectivity index (χ0v) is 27.6. The average Bonchev–Trinajstić information content (AvgIpc) is 3.33. The van der Waals surface area contributed by atoms with Crippen LogP contribution in [0.1, 0.15) is 85.0 Å². The molecule has 0 amide bonds. The molecule has 0 spiro atoms. The monoisotopic (exact) mass is 676 g/mol. The van der Waals surface area contributed by atoms with Gasteiger partial charge in [0, 0.05) is 6.42 Å². The summed E-state index contributed by atoms with van der Waals surface area (Å²) >= 11 is 0. The summed E-state index contributed by atoms with van der Waals surface area (Å²) in [7, 11) is -4.78. The normalized spacial score (nSPS) is 36.7. The molecule has 4 rings (SSSR count). The molecular formula is C31H49O14P. The van der Waals surface area contributed by atoms with Crippen molar-refractivity contribution in [2.24, 2.45) is 52.3 Å². The van der Waals surface area contributed by atoms with Gasteiger partial charge >= 0.3 is 31.7 Å². The third-order valence-corrected chi connectivity index (χ3v) is 12.9. The Morgan fingerprint density at radius 3 is 2.28 bits per heavy atom. The predicted molar refractivity (Wildman–Crippen MR) is 159 cm³/mol. The fourth-order valence-corrected chi connectivity index (χ4v) is 10.6. The third kappa shape index (κ3) is 7.89. The number of hydrogen-bond acceptors (Lipinski definition) is 10. The number of rotatable bonds is 13. The number of aliphatic hydroxyl groups excluding tert-OH is 1. The lowest BCUT2D eigenvalue weighted by Crippen LogP contribution is -2.59. The molecule has 4 aliphatic carbocycles. The van der Waals surface area contributed by atoms with Gasteiger partial charge in [0.05, 0.1) is 12.3 Å². The van der Waals surface area contributed by atoms with Crippen molar-refractivity contribution in [2.45, 2.75) is 97.2 Å². The highest BCUT2D eigenvalue weighted by Gasteiger charge is 2.63. The molecule has 0 radical (unpaired) electrons. The lowest BCUT2D eigenvalue weighted by atomic mass is 9.43. The number of carbonyl (C=O) groups is 4. The van der Waals surface area contributed by atoms with Crippen LogP contribution in [0.2, 0.25) is 0 Å². The van der Waals surface area contributed by atoms with Gasteiger partial charge in [0.25, 0.3) is 0 Å². The largest absolute Gasteiger partial charge is 0.510 e. The second-order valence-electron chi connectivity index (χ2n) is 14.4. The van der Waals surface area contributed by atoms with Crippen LogP contribution >= 0.6 is 7.60 Å². The molecule has 0 aliphatic heterocycles. The summed E-state index contributed by atoms with van der Waals surface area (Å²) in [5, 5.41) is 29.9. The van der Waals surface area contributed by atoms with Crippen molar-refractivity contribution in [2.75, 3.05) is 19.7 Å². The summed E-state index contributed by atoms with van der Waals surface area (Å²) in [6, 6.07) is 0. The second-order valence-corrected chi connectivity index (χ2v) is 16.1. The van der Waals surface area contributed by atoms with Crippen LogP contribution in [-0.2, 0) is 37.9 Å². The maximum absolute atomic E-state index is 12.3. The molecule has 15 heteroatoms. The van der Waals surface area contributed by atoms with Crippen LogP contribution in [0.5, 0.6) is 0 Å². The van der Waals surface area contributed by atoms with Crippen LogP contribution in [0.25, 0.3) is 0 Å². The maximum atomic E-state index is 12.3. The minimum absolute atomic E-state index is 0.00257. The van der Waals surface area contributed by atoms with Crippen molar-refractivity contribution < 1.29 is 67.8 Å².